The minimum atomic E-state index is -1.52. The molecule has 36 heavy (non-hydrogen) atoms. The number of allylic oxidation sites excluding steroid dienone is 4. The van der Waals surface area contributed by atoms with Crippen LogP contribution >= 0.6 is 0 Å². The molecule has 3 N–H and O–H groups in total. The van der Waals surface area contributed by atoms with Crippen LogP contribution < -0.4 is 10.1 Å². The van der Waals surface area contributed by atoms with Crippen molar-refractivity contribution in [1.29, 1.82) is 0 Å². The minimum absolute atomic E-state index is 0.0191. The molecule has 1 aromatic heterocycles. The summed E-state index contributed by atoms with van der Waals surface area (Å²) in [6.45, 7) is 7.02. The van der Waals surface area contributed by atoms with Crippen LogP contribution in [0.2, 0.25) is 0 Å². The van der Waals surface area contributed by atoms with Crippen molar-refractivity contribution in [1.82, 2.24) is 9.88 Å². The normalized spacial score (nSPS) is 20.1. The number of carbonyl (C=O) groups is 3. The number of fused-ring (bicyclic) bond motifs is 4. The number of phenolic OH excluding ortho intramolecular Hbond substituents is 2. The molecule has 8 heteroatoms. The molecule has 8 nitrogen and oxygen atoms in total. The summed E-state index contributed by atoms with van der Waals surface area (Å²) in [5.41, 5.74) is -0.0473. The van der Waals surface area contributed by atoms with E-state index in [1.54, 1.807) is 13.8 Å². The second-order valence-electron chi connectivity index (χ2n) is 9.38. The molecule has 0 saturated heterocycles. The Bertz CT molecular complexity index is 1560. The summed E-state index contributed by atoms with van der Waals surface area (Å²) in [4.78, 5) is 39.2. The molecule has 184 valence electrons. The summed E-state index contributed by atoms with van der Waals surface area (Å²) < 4.78 is 7.88. The van der Waals surface area contributed by atoms with Crippen molar-refractivity contribution in [2.75, 3.05) is 6.54 Å². The Morgan fingerprint density at radius 2 is 1.83 bits per heavy atom. The number of hydrogen-bond donors (Lipinski definition) is 3. The molecule has 0 radical (unpaired) electrons. The van der Waals surface area contributed by atoms with Crippen molar-refractivity contribution in [3.8, 4) is 17.2 Å². The molecule has 0 fully saturated rings. The summed E-state index contributed by atoms with van der Waals surface area (Å²) in [5.74, 6) is -2.39. The lowest BCUT2D eigenvalue weighted by Gasteiger charge is -2.29. The highest BCUT2D eigenvalue weighted by Crippen LogP contribution is 2.57. The molecule has 0 bridgehead atoms. The van der Waals surface area contributed by atoms with E-state index in [9.17, 15) is 24.6 Å². The Morgan fingerprint density at radius 1 is 1.11 bits per heavy atom. The summed E-state index contributed by atoms with van der Waals surface area (Å²) in [6, 6.07) is 10.0. The summed E-state index contributed by atoms with van der Waals surface area (Å²) in [5, 5.41) is 25.7. The van der Waals surface area contributed by atoms with Gasteiger partial charge in [-0.3, -0.25) is 14.4 Å². The Balaban J connectivity index is 1.51. The van der Waals surface area contributed by atoms with Gasteiger partial charge < -0.3 is 24.8 Å². The van der Waals surface area contributed by atoms with Gasteiger partial charge in [0, 0.05) is 42.1 Å². The van der Waals surface area contributed by atoms with E-state index in [1.807, 2.05) is 36.5 Å². The predicted octanol–water partition coefficient (Wildman–Crippen LogP) is 3.81. The highest BCUT2D eigenvalue weighted by Gasteiger charge is 2.56. The number of carbonyl (C=O) groups excluding carboxylic acids is 3. The highest BCUT2D eigenvalue weighted by molar-refractivity contribution is 6.31. The maximum Gasteiger partial charge on any atom is 0.194 e. The zero-order valence-corrected chi connectivity index (χ0v) is 20.4. The lowest BCUT2D eigenvalue weighted by Crippen LogP contribution is -2.41. The van der Waals surface area contributed by atoms with Gasteiger partial charge in [0.25, 0.3) is 0 Å². The Labute approximate surface area is 207 Å². The van der Waals surface area contributed by atoms with E-state index in [-0.39, 0.29) is 39.5 Å². The maximum absolute atomic E-state index is 13.8. The van der Waals surface area contributed by atoms with E-state index in [0.29, 0.717) is 18.8 Å². The molecule has 2 heterocycles. The number of aromatic hydroxyl groups is 2. The largest absolute Gasteiger partial charge is 0.507 e. The van der Waals surface area contributed by atoms with Crippen LogP contribution in [0, 0.1) is 6.92 Å². The number of ether oxygens (including phenoxy) is 1. The summed E-state index contributed by atoms with van der Waals surface area (Å²) >= 11 is 0. The van der Waals surface area contributed by atoms with E-state index in [4.69, 9.17) is 4.74 Å². The lowest BCUT2D eigenvalue weighted by molar-refractivity contribution is -0.123. The molecule has 0 amide bonds. The maximum atomic E-state index is 13.8. The van der Waals surface area contributed by atoms with Crippen LogP contribution in [0.15, 0.2) is 59.6 Å². The van der Waals surface area contributed by atoms with Gasteiger partial charge in [-0.25, -0.2) is 0 Å². The van der Waals surface area contributed by atoms with Crippen LogP contribution in [0.5, 0.6) is 17.2 Å². The van der Waals surface area contributed by atoms with Gasteiger partial charge in [-0.15, -0.1) is 0 Å². The van der Waals surface area contributed by atoms with Gasteiger partial charge in [0.15, 0.2) is 17.3 Å². The highest BCUT2D eigenvalue weighted by atomic mass is 16.5. The van der Waals surface area contributed by atoms with E-state index in [0.717, 1.165) is 10.9 Å². The molecule has 3 aromatic rings. The number of rotatable bonds is 5. The molecular weight excluding hydrogens is 460 g/mol. The molecule has 1 aliphatic carbocycles. The zero-order chi connectivity index (χ0) is 25.9. The van der Waals surface area contributed by atoms with Crippen molar-refractivity contribution >= 4 is 28.3 Å². The third-order valence-electron chi connectivity index (χ3n) is 7.18. The van der Waals surface area contributed by atoms with Crippen LogP contribution in [-0.4, -0.2) is 38.7 Å². The first-order valence-corrected chi connectivity index (χ1v) is 11.6. The van der Waals surface area contributed by atoms with E-state index >= 15 is 0 Å². The molecule has 2 aromatic carbocycles. The van der Waals surface area contributed by atoms with Crippen LogP contribution in [-0.2, 0) is 21.5 Å². The van der Waals surface area contributed by atoms with E-state index in [1.165, 1.54) is 19.9 Å². The number of nitrogens with one attached hydrogen (secondary N) is 1. The predicted molar refractivity (Wildman–Crippen MR) is 133 cm³/mol. The minimum Gasteiger partial charge on any atom is -0.507 e. The quantitative estimate of drug-likeness (QED) is 0.285. The first-order valence-electron chi connectivity index (χ1n) is 11.6. The number of benzene rings is 2. The molecule has 0 spiro atoms. The third kappa shape index (κ3) is 3.17. The van der Waals surface area contributed by atoms with Crippen molar-refractivity contribution < 1.29 is 29.3 Å². The number of ketones is 3. The van der Waals surface area contributed by atoms with Gasteiger partial charge in [0.05, 0.1) is 11.1 Å². The van der Waals surface area contributed by atoms with Crippen molar-refractivity contribution in [2.24, 2.45) is 0 Å². The average molecular weight is 487 g/mol. The van der Waals surface area contributed by atoms with Crippen molar-refractivity contribution in [2.45, 2.75) is 39.7 Å². The second kappa shape index (κ2) is 8.12. The van der Waals surface area contributed by atoms with Gasteiger partial charge in [0.1, 0.15) is 34.0 Å². The fourth-order valence-corrected chi connectivity index (χ4v) is 5.15. The number of nitrogens with zero attached hydrogens (tertiary/aromatic N) is 1. The molecule has 1 aliphatic heterocycles. The van der Waals surface area contributed by atoms with Gasteiger partial charge in [0.2, 0.25) is 0 Å². The molecule has 2 aliphatic rings. The van der Waals surface area contributed by atoms with Crippen molar-refractivity contribution in [3.05, 3.63) is 76.3 Å². The van der Waals surface area contributed by atoms with Crippen molar-refractivity contribution in [3.63, 3.8) is 0 Å². The van der Waals surface area contributed by atoms with E-state index < -0.39 is 28.5 Å². The monoisotopic (exact) mass is 486 g/mol. The SMILES string of the molecule is CC(=O)c1c(O)c(C)c(O)c2c1OC1=CC(=O)C(=C(C)NCCn3ccc4ccccc43)C(=O)[C@@]12C. The van der Waals surface area contributed by atoms with Gasteiger partial charge >= 0.3 is 0 Å². The standard InChI is InChI=1S/C28H26N2O6/c1-14-24(33)22(16(3)31)26-23(25(14)34)28(4)20(36-26)13-19(32)21(27(28)35)15(2)29-10-12-30-11-9-17-7-5-6-8-18(17)30/h5-9,11,13,29,33-34H,10,12H2,1-4H3/t28-/m0/s1. The molecule has 0 saturated carbocycles. The third-order valence-corrected chi connectivity index (χ3v) is 7.18. The second-order valence-corrected chi connectivity index (χ2v) is 9.38. The molecule has 5 rings (SSSR count). The fourth-order valence-electron chi connectivity index (χ4n) is 5.15. The Hall–Kier alpha value is -4.33. The molecular formula is C28H26N2O6. The fraction of sp³-hybridized carbons (Fsp3) is 0.250. The number of para-hydroxylation sites is 1. The molecule has 0 unspecified atom stereocenters. The first kappa shape index (κ1) is 23.4. The van der Waals surface area contributed by atoms with Crippen LogP contribution in [0.4, 0.5) is 0 Å². The number of Topliss-reactive ketones (excluding diaryl/α,β-unsaturated/α-hetero) is 2. The van der Waals surface area contributed by atoms with Crippen LogP contribution in [0.25, 0.3) is 10.9 Å². The average Bonchev–Trinajstić information content (AvgIpc) is 3.37. The number of phenols is 2. The smallest absolute Gasteiger partial charge is 0.194 e. The van der Waals surface area contributed by atoms with Crippen LogP contribution in [0.1, 0.15) is 42.3 Å². The zero-order valence-electron chi connectivity index (χ0n) is 20.4. The summed E-state index contributed by atoms with van der Waals surface area (Å²) in [7, 11) is 0. The van der Waals surface area contributed by atoms with Gasteiger partial charge in [-0.05, 0) is 45.2 Å². The number of aromatic nitrogens is 1. The Kier molecular flexibility index (Phi) is 5.28. The number of hydrogen-bond acceptors (Lipinski definition) is 7. The lowest BCUT2D eigenvalue weighted by atomic mass is 9.70. The topological polar surface area (TPSA) is 118 Å². The van der Waals surface area contributed by atoms with Gasteiger partial charge in [-0.1, -0.05) is 18.2 Å². The Morgan fingerprint density at radius 3 is 2.56 bits per heavy atom. The van der Waals surface area contributed by atoms with E-state index in [2.05, 4.69) is 9.88 Å². The molecule has 1 atom stereocenters. The first-order chi connectivity index (χ1) is 17.1. The summed E-state index contributed by atoms with van der Waals surface area (Å²) in [6.07, 6.45) is 3.21. The van der Waals surface area contributed by atoms with Gasteiger partial charge in [-0.2, -0.15) is 0 Å². The van der Waals surface area contributed by atoms with Crippen LogP contribution in [0.3, 0.4) is 0 Å².